The van der Waals surface area contributed by atoms with E-state index in [0.717, 1.165) is 0 Å². The van der Waals surface area contributed by atoms with Gasteiger partial charge in [-0.3, -0.25) is 0 Å². The van der Waals surface area contributed by atoms with Gasteiger partial charge in [0.2, 0.25) is 0 Å². The molecule has 0 aliphatic rings. The Morgan fingerprint density at radius 1 is 0.818 bits per heavy atom. The van der Waals surface area contributed by atoms with E-state index < -0.39 is 0 Å². The molecule has 0 saturated carbocycles. The average Bonchev–Trinajstić information content (AvgIpc) is 2.67. The largest absolute Gasteiger partial charge is 0.351 e. The van der Waals surface area contributed by atoms with E-state index in [1.54, 1.807) is 37.4 Å². The van der Waals surface area contributed by atoms with Crippen molar-refractivity contribution in [3.8, 4) is 0 Å². The summed E-state index contributed by atoms with van der Waals surface area (Å²) in [6.07, 6.45) is 10.2. The Labute approximate surface area is 94.5 Å². The summed E-state index contributed by atoms with van der Waals surface area (Å²) in [4.78, 5) is 12.8. The van der Waals surface area contributed by atoms with Gasteiger partial charge in [-0.1, -0.05) is 0 Å². The van der Waals surface area contributed by atoms with E-state index in [-0.39, 0.29) is 37.7 Å². The van der Waals surface area contributed by atoms with Crippen LogP contribution >= 0.6 is 0 Å². The van der Waals surface area contributed by atoms with Gasteiger partial charge in [-0.2, -0.15) is 0 Å². The molecule has 4 nitrogen and oxygen atoms in total. The summed E-state index contributed by atoms with van der Waals surface area (Å²) in [6.45, 7) is 0. The Bertz CT molecular complexity index is 154. The second kappa shape index (κ2) is 7.78. The van der Waals surface area contributed by atoms with E-state index in [1.807, 2.05) is 0 Å². The van der Waals surface area contributed by atoms with Gasteiger partial charge in [-0.15, -0.1) is 0 Å². The minimum Gasteiger partial charge on any atom is -0.351 e. The van der Waals surface area contributed by atoms with Crippen LogP contribution in [-0.2, 0) is 0 Å². The van der Waals surface area contributed by atoms with Gasteiger partial charge in [0.1, 0.15) is 0 Å². The molecule has 0 bridgehead atoms. The number of imidazole rings is 2. The van der Waals surface area contributed by atoms with Crippen LogP contribution in [0, 0.1) is 0 Å². The molecular formula is C6H8CaN4. The van der Waals surface area contributed by atoms with Gasteiger partial charge < -0.3 is 9.97 Å². The Morgan fingerprint density at radius 3 is 1.36 bits per heavy atom. The van der Waals surface area contributed by atoms with Crippen molar-refractivity contribution < 1.29 is 0 Å². The summed E-state index contributed by atoms with van der Waals surface area (Å²) in [5.41, 5.74) is 0. The van der Waals surface area contributed by atoms with Crippen molar-refractivity contribution in [1.82, 2.24) is 19.9 Å². The Balaban J connectivity index is 0.000000167. The molecule has 0 aliphatic carbocycles. The smallest absolute Gasteiger partial charge is 0.0919 e. The minimum absolute atomic E-state index is 0. The first-order valence-corrected chi connectivity index (χ1v) is 2.85. The fourth-order valence-electron chi connectivity index (χ4n) is 0.430. The summed E-state index contributed by atoms with van der Waals surface area (Å²) in [5.74, 6) is 0. The Morgan fingerprint density at radius 2 is 1.27 bits per heavy atom. The molecule has 0 aliphatic heterocycles. The number of hydrogen-bond donors (Lipinski definition) is 2. The molecule has 0 spiro atoms. The van der Waals surface area contributed by atoms with Crippen molar-refractivity contribution in [2.75, 3.05) is 0 Å². The third-order valence-corrected chi connectivity index (χ3v) is 0.812. The Hall–Kier alpha value is -0.320. The quantitative estimate of drug-likeness (QED) is 0.572. The maximum absolute atomic E-state index is 3.67. The van der Waals surface area contributed by atoms with Crippen molar-refractivity contribution in [1.29, 1.82) is 0 Å². The molecule has 2 rings (SSSR count). The standard InChI is InChI=1S/2C3H4N2.Ca/c2*1-2-5-3-4-1;/h2*1-3H,(H,4,5);. The van der Waals surface area contributed by atoms with Gasteiger partial charge in [0, 0.05) is 62.5 Å². The minimum atomic E-state index is 0. The van der Waals surface area contributed by atoms with E-state index in [1.165, 1.54) is 0 Å². The summed E-state index contributed by atoms with van der Waals surface area (Å²) >= 11 is 0. The van der Waals surface area contributed by atoms with Crippen LogP contribution < -0.4 is 0 Å². The van der Waals surface area contributed by atoms with Crippen LogP contribution in [0.25, 0.3) is 0 Å². The number of nitrogens with zero attached hydrogens (tertiary/aromatic N) is 2. The average molecular weight is 176 g/mol. The predicted molar refractivity (Wildman–Crippen MR) is 42.9 cm³/mol. The van der Waals surface area contributed by atoms with Crippen LogP contribution in [0.3, 0.4) is 0 Å². The van der Waals surface area contributed by atoms with Crippen LogP contribution in [0.2, 0.25) is 0 Å². The van der Waals surface area contributed by atoms with Crippen LogP contribution in [0.15, 0.2) is 37.4 Å². The van der Waals surface area contributed by atoms with Gasteiger partial charge in [0.05, 0.1) is 12.7 Å². The summed E-state index contributed by atoms with van der Waals surface area (Å²) in [7, 11) is 0. The molecule has 54 valence electrons. The SMILES string of the molecule is [Ca].c1c[nH]cn1.c1c[nH]cn1. The van der Waals surface area contributed by atoms with E-state index in [4.69, 9.17) is 0 Å². The first kappa shape index (κ1) is 10.7. The van der Waals surface area contributed by atoms with Gasteiger partial charge in [0.15, 0.2) is 0 Å². The molecule has 2 aromatic heterocycles. The van der Waals surface area contributed by atoms with E-state index in [9.17, 15) is 0 Å². The van der Waals surface area contributed by atoms with E-state index >= 15 is 0 Å². The van der Waals surface area contributed by atoms with Crippen LogP contribution in [-0.4, -0.2) is 57.7 Å². The fourth-order valence-corrected chi connectivity index (χ4v) is 0.430. The molecule has 2 heterocycles. The number of nitrogens with one attached hydrogen (secondary N) is 2. The van der Waals surface area contributed by atoms with Gasteiger partial charge in [-0.05, 0) is 0 Å². The van der Waals surface area contributed by atoms with Gasteiger partial charge in [-0.25, -0.2) is 9.97 Å². The maximum atomic E-state index is 3.67. The van der Waals surface area contributed by atoms with Crippen LogP contribution in [0.5, 0.6) is 0 Å². The number of aromatic nitrogens is 4. The molecule has 0 atom stereocenters. The number of rotatable bonds is 0. The second-order valence-corrected chi connectivity index (χ2v) is 1.52. The maximum Gasteiger partial charge on any atom is 0.0919 e. The normalized spacial score (nSPS) is 7.27. The van der Waals surface area contributed by atoms with Crippen molar-refractivity contribution in [2.24, 2.45) is 0 Å². The number of hydrogen-bond acceptors (Lipinski definition) is 2. The zero-order chi connectivity index (χ0) is 7.07. The van der Waals surface area contributed by atoms with Crippen LogP contribution in [0.1, 0.15) is 0 Å². The molecule has 5 heteroatoms. The van der Waals surface area contributed by atoms with Gasteiger partial charge >= 0.3 is 0 Å². The molecule has 11 heavy (non-hydrogen) atoms. The molecular weight excluding hydrogens is 168 g/mol. The molecule has 2 radical (unpaired) electrons. The molecule has 0 amide bonds. The first-order valence-electron chi connectivity index (χ1n) is 2.85. The topological polar surface area (TPSA) is 57.4 Å². The van der Waals surface area contributed by atoms with Crippen molar-refractivity contribution in [2.45, 2.75) is 0 Å². The van der Waals surface area contributed by atoms with Gasteiger partial charge in [0.25, 0.3) is 0 Å². The number of H-pyrrole nitrogens is 2. The molecule has 2 N–H and O–H groups in total. The third kappa shape index (κ3) is 6.09. The van der Waals surface area contributed by atoms with E-state index in [2.05, 4.69) is 19.9 Å². The van der Waals surface area contributed by atoms with Crippen molar-refractivity contribution >= 4 is 37.7 Å². The zero-order valence-corrected chi connectivity index (χ0v) is 8.27. The second-order valence-electron chi connectivity index (χ2n) is 1.52. The van der Waals surface area contributed by atoms with Crippen LogP contribution in [0.4, 0.5) is 0 Å². The molecule has 0 unspecified atom stereocenters. The predicted octanol–water partition coefficient (Wildman–Crippen LogP) is 0.439. The number of aromatic amines is 2. The molecule has 0 fully saturated rings. The summed E-state index contributed by atoms with van der Waals surface area (Å²) in [5, 5.41) is 0. The van der Waals surface area contributed by atoms with Crippen molar-refractivity contribution in [3.63, 3.8) is 0 Å². The monoisotopic (exact) mass is 176 g/mol. The molecule has 2 aromatic rings. The fraction of sp³-hybridized carbons (Fsp3) is 0. The molecule has 0 aromatic carbocycles. The summed E-state index contributed by atoms with van der Waals surface area (Å²) < 4.78 is 0. The third-order valence-electron chi connectivity index (χ3n) is 0.812. The molecule has 0 saturated heterocycles. The summed E-state index contributed by atoms with van der Waals surface area (Å²) in [6, 6.07) is 0. The van der Waals surface area contributed by atoms with Crippen molar-refractivity contribution in [3.05, 3.63) is 37.4 Å². The van der Waals surface area contributed by atoms with E-state index in [0.29, 0.717) is 0 Å². The Kier molecular flexibility index (Phi) is 7.56. The zero-order valence-electron chi connectivity index (χ0n) is 6.07. The first-order chi connectivity index (χ1) is 5.00.